The highest BCUT2D eigenvalue weighted by molar-refractivity contribution is 6.46. The van der Waals surface area contributed by atoms with Gasteiger partial charge in [0.2, 0.25) is 0 Å². The van der Waals surface area contributed by atoms with Crippen molar-refractivity contribution < 1.29 is 9.53 Å². The van der Waals surface area contributed by atoms with Crippen LogP contribution in [-0.2, 0) is 0 Å². The zero-order chi connectivity index (χ0) is 20.0. The quantitative estimate of drug-likeness (QED) is 0.375. The molecule has 0 bridgehead atoms. The van der Waals surface area contributed by atoms with Gasteiger partial charge in [-0.3, -0.25) is 4.79 Å². The van der Waals surface area contributed by atoms with Crippen molar-refractivity contribution in [3.63, 3.8) is 0 Å². The number of ether oxygens (including phenoxy) is 1. The lowest BCUT2D eigenvalue weighted by Crippen LogP contribution is -2.20. The van der Waals surface area contributed by atoms with Gasteiger partial charge in [0.25, 0.3) is 5.91 Å². The van der Waals surface area contributed by atoms with Gasteiger partial charge >= 0.3 is 0 Å². The average Bonchev–Trinajstić information content (AvgIpc) is 2.64. The zero-order valence-electron chi connectivity index (χ0n) is 14.8. The molecule has 27 heavy (non-hydrogen) atoms. The minimum absolute atomic E-state index is 0.00239. The lowest BCUT2D eigenvalue weighted by molar-refractivity contribution is 0.0950. The molecule has 1 aromatic carbocycles. The van der Waals surface area contributed by atoms with Crippen LogP contribution >= 0.6 is 34.8 Å². The number of rotatable bonds is 7. The molecule has 0 atom stereocenters. The zero-order valence-corrected chi connectivity index (χ0v) is 17.1. The van der Waals surface area contributed by atoms with Crippen LogP contribution < -0.4 is 15.9 Å². The van der Waals surface area contributed by atoms with Gasteiger partial charge in [0, 0.05) is 0 Å². The minimum Gasteiger partial charge on any atom is -0.494 e. The number of pyridine rings is 1. The van der Waals surface area contributed by atoms with Crippen LogP contribution in [-0.4, -0.2) is 23.7 Å². The van der Waals surface area contributed by atoms with Crippen LogP contribution in [0.1, 0.15) is 36.3 Å². The number of benzene rings is 1. The second kappa shape index (κ2) is 9.78. The first kappa shape index (κ1) is 21.3. The van der Waals surface area contributed by atoms with E-state index in [1.807, 2.05) is 24.3 Å². The number of nitrogens with two attached hydrogens (primary N) is 1. The minimum atomic E-state index is -0.657. The van der Waals surface area contributed by atoms with Gasteiger partial charge in [0.15, 0.2) is 10.8 Å². The summed E-state index contributed by atoms with van der Waals surface area (Å²) in [5.41, 5.74) is 8.61. The van der Waals surface area contributed by atoms with Crippen molar-refractivity contribution in [1.29, 1.82) is 0 Å². The van der Waals surface area contributed by atoms with Crippen LogP contribution in [0.5, 0.6) is 5.75 Å². The number of carbonyl (C=O) groups excluding carboxylic acids is 1. The molecule has 0 aliphatic carbocycles. The molecule has 0 aliphatic rings. The number of amides is 1. The Morgan fingerprint density at radius 3 is 2.56 bits per heavy atom. The number of hydrogen-bond acceptors (Lipinski definition) is 5. The van der Waals surface area contributed by atoms with Gasteiger partial charge < -0.3 is 10.5 Å². The number of nitrogen functional groups attached to an aromatic ring is 1. The summed E-state index contributed by atoms with van der Waals surface area (Å²) in [7, 11) is 0. The van der Waals surface area contributed by atoms with Crippen LogP contribution in [0.4, 0.5) is 5.69 Å². The Kier molecular flexibility index (Phi) is 7.71. The van der Waals surface area contributed by atoms with E-state index in [1.165, 1.54) is 6.21 Å². The first-order chi connectivity index (χ1) is 12.8. The third-order valence-corrected chi connectivity index (χ3v) is 4.65. The number of halogens is 3. The van der Waals surface area contributed by atoms with Crippen molar-refractivity contribution in [2.75, 3.05) is 12.3 Å². The van der Waals surface area contributed by atoms with Crippen molar-refractivity contribution >= 4 is 52.6 Å². The molecule has 144 valence electrons. The third-order valence-electron chi connectivity index (χ3n) is 3.51. The Labute approximate surface area is 172 Å². The normalized spacial score (nSPS) is 11.2. The second-order valence-electron chi connectivity index (χ2n) is 6.09. The molecular formula is C18H19Cl3N4O2. The molecule has 9 heteroatoms. The van der Waals surface area contributed by atoms with E-state index in [4.69, 9.17) is 45.3 Å². The van der Waals surface area contributed by atoms with E-state index in [1.54, 1.807) is 0 Å². The number of hydrogen-bond donors (Lipinski definition) is 2. The highest BCUT2D eigenvalue weighted by Crippen LogP contribution is 2.34. The van der Waals surface area contributed by atoms with E-state index >= 15 is 0 Å². The molecule has 1 aromatic heterocycles. The fraction of sp³-hybridized carbons (Fsp3) is 0.278. The maximum Gasteiger partial charge on any atom is 0.291 e. The van der Waals surface area contributed by atoms with Crippen LogP contribution in [0.2, 0.25) is 15.2 Å². The molecule has 3 N–H and O–H groups in total. The molecule has 1 heterocycles. The average molecular weight is 430 g/mol. The molecule has 2 aromatic rings. The Bertz CT molecular complexity index is 839. The van der Waals surface area contributed by atoms with Crippen LogP contribution in [0, 0.1) is 5.92 Å². The largest absolute Gasteiger partial charge is 0.494 e. The highest BCUT2D eigenvalue weighted by atomic mass is 35.5. The van der Waals surface area contributed by atoms with Crippen molar-refractivity contribution in [1.82, 2.24) is 10.4 Å². The summed E-state index contributed by atoms with van der Waals surface area (Å²) < 4.78 is 5.65. The van der Waals surface area contributed by atoms with Crippen LogP contribution in [0.3, 0.4) is 0 Å². The van der Waals surface area contributed by atoms with Gasteiger partial charge in [0.1, 0.15) is 10.8 Å². The summed E-state index contributed by atoms with van der Waals surface area (Å²) in [5.74, 6) is 0.711. The standard InChI is InChI=1S/C18H19Cl3N4O2/c1-10(2)7-8-27-12-5-3-11(4-6-12)9-23-25-18(26)16-13(19)15(22)14(20)17(21)24-16/h3-6,9-10H,7-8H2,1-2H3,(H2,22,24)(H,25,26)/b23-9+. The van der Waals surface area contributed by atoms with Crippen molar-refractivity contribution in [2.45, 2.75) is 20.3 Å². The van der Waals surface area contributed by atoms with Gasteiger partial charge in [-0.05, 0) is 42.2 Å². The maximum absolute atomic E-state index is 12.1. The van der Waals surface area contributed by atoms with Crippen molar-refractivity contribution in [3.8, 4) is 5.75 Å². The van der Waals surface area contributed by atoms with E-state index in [0.29, 0.717) is 12.5 Å². The number of hydrazone groups is 1. The Balaban J connectivity index is 1.96. The Hall–Kier alpha value is -2.02. The summed E-state index contributed by atoms with van der Waals surface area (Å²) in [6.45, 7) is 4.96. The van der Waals surface area contributed by atoms with Crippen LogP contribution in [0.25, 0.3) is 0 Å². The van der Waals surface area contributed by atoms with Crippen molar-refractivity contribution in [3.05, 3.63) is 50.7 Å². The summed E-state index contributed by atoms with van der Waals surface area (Å²) in [6.07, 6.45) is 2.47. The van der Waals surface area contributed by atoms with Gasteiger partial charge in [0.05, 0.1) is 23.5 Å². The molecule has 0 saturated heterocycles. The lowest BCUT2D eigenvalue weighted by atomic mass is 10.1. The fourth-order valence-corrected chi connectivity index (χ4v) is 2.56. The van der Waals surface area contributed by atoms with E-state index in [0.717, 1.165) is 17.7 Å². The Morgan fingerprint density at radius 2 is 1.93 bits per heavy atom. The summed E-state index contributed by atoms with van der Waals surface area (Å²) in [4.78, 5) is 16.0. The van der Waals surface area contributed by atoms with Gasteiger partial charge in [-0.2, -0.15) is 5.10 Å². The first-order valence-corrected chi connectivity index (χ1v) is 9.29. The predicted molar refractivity (Wildman–Crippen MR) is 110 cm³/mol. The molecule has 1 amide bonds. The number of carbonyl (C=O) groups is 1. The van der Waals surface area contributed by atoms with E-state index in [9.17, 15) is 4.79 Å². The maximum atomic E-state index is 12.1. The topological polar surface area (TPSA) is 89.6 Å². The molecule has 0 spiro atoms. The van der Waals surface area contributed by atoms with E-state index < -0.39 is 5.91 Å². The second-order valence-corrected chi connectivity index (χ2v) is 7.21. The lowest BCUT2D eigenvalue weighted by Gasteiger charge is -2.08. The van der Waals surface area contributed by atoms with Gasteiger partial charge in [-0.15, -0.1) is 0 Å². The fourth-order valence-electron chi connectivity index (χ4n) is 1.96. The molecule has 6 nitrogen and oxygen atoms in total. The summed E-state index contributed by atoms with van der Waals surface area (Å²) in [5, 5.41) is 3.68. The Morgan fingerprint density at radius 1 is 1.26 bits per heavy atom. The van der Waals surface area contributed by atoms with Crippen LogP contribution in [0.15, 0.2) is 29.4 Å². The summed E-state index contributed by atoms with van der Waals surface area (Å²) in [6, 6.07) is 7.31. The number of aromatic nitrogens is 1. The number of nitrogens with one attached hydrogen (secondary N) is 1. The molecular weight excluding hydrogens is 411 g/mol. The number of nitrogens with zero attached hydrogens (tertiary/aromatic N) is 2. The SMILES string of the molecule is CC(C)CCOc1ccc(/C=N/NC(=O)c2nc(Cl)c(Cl)c(N)c2Cl)cc1. The molecule has 0 fully saturated rings. The predicted octanol–water partition coefficient (Wildman–Crippen LogP) is 4.81. The first-order valence-electron chi connectivity index (χ1n) is 8.15. The monoisotopic (exact) mass is 428 g/mol. The molecule has 2 rings (SSSR count). The van der Waals surface area contributed by atoms with E-state index in [-0.39, 0.29) is 26.6 Å². The third kappa shape index (κ3) is 5.99. The molecule has 0 radical (unpaired) electrons. The smallest absolute Gasteiger partial charge is 0.291 e. The van der Waals surface area contributed by atoms with Crippen molar-refractivity contribution in [2.24, 2.45) is 11.0 Å². The molecule has 0 aliphatic heterocycles. The molecule has 0 saturated carbocycles. The molecule has 0 unspecified atom stereocenters. The van der Waals surface area contributed by atoms with Gasteiger partial charge in [-0.1, -0.05) is 48.7 Å². The van der Waals surface area contributed by atoms with E-state index in [2.05, 4.69) is 29.4 Å². The summed E-state index contributed by atoms with van der Waals surface area (Å²) >= 11 is 17.6. The van der Waals surface area contributed by atoms with Gasteiger partial charge in [-0.25, -0.2) is 10.4 Å². The highest BCUT2D eigenvalue weighted by Gasteiger charge is 2.19. The number of anilines is 1.